The molecule has 0 spiro atoms. The number of methoxy groups -OCH3 is 2. The van der Waals surface area contributed by atoms with Gasteiger partial charge in [0, 0.05) is 12.0 Å². The molecule has 0 saturated heterocycles. The normalized spacial score (nSPS) is 12.8. The lowest BCUT2D eigenvalue weighted by atomic mass is 9.84. The highest BCUT2D eigenvalue weighted by atomic mass is 19.4. The topological polar surface area (TPSA) is 65.1 Å². The predicted molar refractivity (Wildman–Crippen MR) is 140 cm³/mol. The number of carbonyl (C=O) groups is 2. The highest BCUT2D eigenvalue weighted by molar-refractivity contribution is 5.75. The molecule has 0 unspecified atom stereocenters. The second-order valence-corrected chi connectivity index (χ2v) is 9.35. The Morgan fingerprint density at radius 2 is 1.14 bits per heavy atom. The van der Waals surface area contributed by atoms with E-state index in [1.54, 1.807) is 36.4 Å². The third-order valence-electron chi connectivity index (χ3n) is 6.50. The molecule has 3 aromatic rings. The third kappa shape index (κ3) is 9.05. The van der Waals surface area contributed by atoms with Crippen molar-refractivity contribution in [1.82, 2.24) is 4.90 Å². The Morgan fingerprint density at radius 1 is 0.714 bits per heavy atom. The minimum Gasteiger partial charge on any atom is -0.468 e. The van der Waals surface area contributed by atoms with Gasteiger partial charge in [-0.3, -0.25) is 14.5 Å². The van der Waals surface area contributed by atoms with Gasteiger partial charge in [0.05, 0.1) is 51.6 Å². The lowest BCUT2D eigenvalue weighted by Gasteiger charge is -2.36. The summed E-state index contributed by atoms with van der Waals surface area (Å²) in [5, 5.41) is 0. The molecular formula is C30H29F6NO5. The van der Waals surface area contributed by atoms with Crippen LogP contribution in [0.3, 0.4) is 0 Å². The van der Waals surface area contributed by atoms with Crippen LogP contribution in [0.5, 0.6) is 0 Å². The van der Waals surface area contributed by atoms with Gasteiger partial charge < -0.3 is 14.2 Å². The van der Waals surface area contributed by atoms with Crippen molar-refractivity contribution < 1.29 is 50.1 Å². The van der Waals surface area contributed by atoms with E-state index >= 15 is 0 Å². The summed E-state index contributed by atoms with van der Waals surface area (Å²) in [7, 11) is 2.34. The molecule has 3 aromatic carbocycles. The van der Waals surface area contributed by atoms with Crippen LogP contribution in [0.4, 0.5) is 26.3 Å². The van der Waals surface area contributed by atoms with E-state index in [0.29, 0.717) is 12.1 Å². The largest absolute Gasteiger partial charge is 0.468 e. The fourth-order valence-corrected chi connectivity index (χ4v) is 4.52. The summed E-state index contributed by atoms with van der Waals surface area (Å²) in [6.45, 7) is -1.65. The zero-order valence-electron chi connectivity index (χ0n) is 22.7. The summed E-state index contributed by atoms with van der Waals surface area (Å²) < 4.78 is 95.7. The maximum Gasteiger partial charge on any atom is 0.416 e. The lowest BCUT2D eigenvalue weighted by Crippen LogP contribution is -2.48. The molecule has 0 saturated carbocycles. The summed E-state index contributed by atoms with van der Waals surface area (Å²) >= 11 is 0. The van der Waals surface area contributed by atoms with Gasteiger partial charge in [0.1, 0.15) is 0 Å². The molecule has 0 aliphatic carbocycles. The van der Waals surface area contributed by atoms with Gasteiger partial charge in [0.25, 0.3) is 0 Å². The van der Waals surface area contributed by atoms with Crippen molar-refractivity contribution in [3.63, 3.8) is 0 Å². The first kappa shape index (κ1) is 32.6. The van der Waals surface area contributed by atoms with Crippen molar-refractivity contribution in [2.24, 2.45) is 0 Å². The molecule has 0 aliphatic heterocycles. The fraction of sp³-hybridized carbons (Fsp3) is 0.333. The van der Waals surface area contributed by atoms with Gasteiger partial charge in [-0.05, 0) is 34.9 Å². The van der Waals surface area contributed by atoms with Crippen molar-refractivity contribution in [1.29, 1.82) is 0 Å². The van der Waals surface area contributed by atoms with E-state index in [0.717, 1.165) is 11.1 Å². The van der Waals surface area contributed by atoms with Gasteiger partial charge in [-0.25, -0.2) is 0 Å². The Kier molecular flexibility index (Phi) is 11.1. The van der Waals surface area contributed by atoms with Gasteiger partial charge in [0.15, 0.2) is 0 Å². The Labute approximate surface area is 238 Å². The zero-order valence-corrected chi connectivity index (χ0v) is 22.7. The molecule has 0 fully saturated rings. The molecule has 0 aromatic heterocycles. The molecule has 1 atom stereocenters. The predicted octanol–water partition coefficient (Wildman–Crippen LogP) is 6.09. The van der Waals surface area contributed by atoms with E-state index in [-0.39, 0.29) is 31.3 Å². The van der Waals surface area contributed by atoms with Gasteiger partial charge in [0.2, 0.25) is 0 Å². The molecule has 0 heterocycles. The van der Waals surface area contributed by atoms with E-state index in [9.17, 15) is 35.9 Å². The molecule has 3 rings (SSSR count). The number of hydrogen-bond donors (Lipinski definition) is 0. The number of rotatable bonds is 12. The van der Waals surface area contributed by atoms with Gasteiger partial charge in [-0.15, -0.1) is 0 Å². The minimum atomic E-state index is -5.01. The van der Waals surface area contributed by atoms with Crippen molar-refractivity contribution in [2.45, 2.75) is 30.9 Å². The summed E-state index contributed by atoms with van der Waals surface area (Å²) in [6.07, 6.45) is -10.0. The van der Waals surface area contributed by atoms with E-state index in [2.05, 4.69) is 0 Å². The smallest absolute Gasteiger partial charge is 0.416 e. The standard InChI is InChI=1S/C30H29F6NO5/c1-40-26(38)16-37(17-27(39)41-2)25(28(21-9-5-3-6-10-21)22-11-7-4-8-12-22)19-42-18-20-13-23(29(31,32)33)15-24(14-20)30(34,35)36/h3-15,25,28H,16-19H2,1-2H3/t25-/m1/s1. The average molecular weight is 598 g/mol. The number of ether oxygens (including phenoxy) is 3. The van der Waals surface area contributed by atoms with Gasteiger partial charge >= 0.3 is 24.3 Å². The van der Waals surface area contributed by atoms with Gasteiger partial charge in [-0.1, -0.05) is 60.7 Å². The Bertz CT molecular complexity index is 1230. The molecule has 0 N–H and O–H groups in total. The first-order valence-corrected chi connectivity index (χ1v) is 12.7. The van der Waals surface area contributed by atoms with E-state index in [1.807, 2.05) is 24.3 Å². The van der Waals surface area contributed by atoms with Crippen LogP contribution in [0.25, 0.3) is 0 Å². The third-order valence-corrected chi connectivity index (χ3v) is 6.50. The number of esters is 2. The van der Waals surface area contributed by atoms with Crippen LogP contribution in [-0.2, 0) is 42.8 Å². The number of halogens is 6. The Balaban J connectivity index is 2.05. The summed E-state index contributed by atoms with van der Waals surface area (Å²) in [5.41, 5.74) is -1.75. The number of hydrogen-bond acceptors (Lipinski definition) is 6. The van der Waals surface area contributed by atoms with Crippen LogP contribution in [0.15, 0.2) is 78.9 Å². The summed E-state index contributed by atoms with van der Waals surface area (Å²) in [4.78, 5) is 26.2. The molecule has 42 heavy (non-hydrogen) atoms. The summed E-state index contributed by atoms with van der Waals surface area (Å²) in [5.74, 6) is -1.91. The minimum absolute atomic E-state index is 0.0432. The maximum atomic E-state index is 13.4. The number of nitrogens with zero attached hydrogens (tertiary/aromatic N) is 1. The van der Waals surface area contributed by atoms with Crippen molar-refractivity contribution >= 4 is 11.9 Å². The average Bonchev–Trinajstić information content (AvgIpc) is 2.96. The van der Waals surface area contributed by atoms with Crippen LogP contribution in [0.2, 0.25) is 0 Å². The molecule has 12 heteroatoms. The maximum absolute atomic E-state index is 13.4. The van der Waals surface area contributed by atoms with Crippen LogP contribution in [-0.4, -0.2) is 56.8 Å². The van der Waals surface area contributed by atoms with Crippen LogP contribution in [0.1, 0.15) is 33.7 Å². The molecule has 6 nitrogen and oxygen atoms in total. The van der Waals surface area contributed by atoms with Crippen LogP contribution < -0.4 is 0 Å². The highest BCUT2D eigenvalue weighted by Gasteiger charge is 2.37. The van der Waals surface area contributed by atoms with Crippen LogP contribution in [0, 0.1) is 0 Å². The molecule has 226 valence electrons. The SMILES string of the molecule is COC(=O)CN(CC(=O)OC)[C@H](COCc1cc(C(F)(F)F)cc(C(F)(F)F)c1)C(c1ccccc1)c1ccccc1. The molecule has 0 bridgehead atoms. The summed E-state index contributed by atoms with van der Waals surface area (Å²) in [6, 6.07) is 18.4. The Hall–Kier alpha value is -3.90. The van der Waals surface area contributed by atoms with Crippen molar-refractivity contribution in [3.05, 3.63) is 107 Å². The number of benzene rings is 3. The van der Waals surface area contributed by atoms with Gasteiger partial charge in [-0.2, -0.15) is 26.3 Å². The first-order chi connectivity index (χ1) is 19.8. The molecule has 0 radical (unpaired) electrons. The van der Waals surface area contributed by atoms with E-state index < -0.39 is 54.0 Å². The molecule has 0 amide bonds. The highest BCUT2D eigenvalue weighted by Crippen LogP contribution is 2.37. The fourth-order valence-electron chi connectivity index (χ4n) is 4.52. The number of alkyl halides is 6. The first-order valence-electron chi connectivity index (χ1n) is 12.7. The second-order valence-electron chi connectivity index (χ2n) is 9.35. The van der Waals surface area contributed by atoms with Crippen molar-refractivity contribution in [2.75, 3.05) is 33.9 Å². The lowest BCUT2D eigenvalue weighted by molar-refractivity contribution is -0.148. The zero-order chi connectivity index (χ0) is 30.9. The van der Waals surface area contributed by atoms with Crippen LogP contribution >= 0.6 is 0 Å². The second kappa shape index (κ2) is 14.3. The quantitative estimate of drug-likeness (QED) is 0.186. The monoisotopic (exact) mass is 597 g/mol. The Morgan fingerprint density at radius 3 is 1.52 bits per heavy atom. The number of carbonyl (C=O) groups excluding carboxylic acids is 2. The van der Waals surface area contributed by atoms with E-state index in [4.69, 9.17) is 14.2 Å². The molecule has 0 aliphatic rings. The molecular weight excluding hydrogens is 568 g/mol. The van der Waals surface area contributed by atoms with E-state index in [1.165, 1.54) is 19.1 Å². The van der Waals surface area contributed by atoms with Crippen molar-refractivity contribution in [3.8, 4) is 0 Å².